The first-order chi connectivity index (χ1) is 22.0. The van der Waals surface area contributed by atoms with Crippen LogP contribution in [0, 0.1) is 0 Å². The minimum Gasteiger partial charge on any atom is -0.497 e. The number of rotatable bonds is 14. The molecule has 0 radical (unpaired) electrons. The third-order valence-corrected chi connectivity index (χ3v) is 10.1. The second kappa shape index (κ2) is 16.0. The monoisotopic (exact) mass is 681 g/mol. The van der Waals surface area contributed by atoms with Crippen LogP contribution in [0.15, 0.2) is 108 Å². The Labute approximate surface area is 280 Å². The van der Waals surface area contributed by atoms with Crippen molar-refractivity contribution in [3.63, 3.8) is 0 Å². The van der Waals surface area contributed by atoms with E-state index >= 15 is 0 Å². The van der Waals surface area contributed by atoms with Crippen LogP contribution in [-0.4, -0.2) is 50.9 Å². The van der Waals surface area contributed by atoms with E-state index < -0.39 is 28.5 Å². The molecule has 2 amide bonds. The van der Waals surface area contributed by atoms with Gasteiger partial charge in [-0.2, -0.15) is 0 Å². The first kappa shape index (κ1) is 34.8. The summed E-state index contributed by atoms with van der Waals surface area (Å²) in [6, 6.07) is 27.6. The maximum atomic E-state index is 14.6. The second-order valence-electron chi connectivity index (χ2n) is 10.8. The van der Waals surface area contributed by atoms with E-state index in [-0.39, 0.29) is 45.5 Å². The lowest BCUT2D eigenvalue weighted by Crippen LogP contribution is -2.54. The fraction of sp³-hybridized carbons (Fsp3) is 0.257. The molecule has 0 saturated heterocycles. The Balaban J connectivity index is 1.83. The lowest BCUT2D eigenvalue weighted by atomic mass is 10.0. The Morgan fingerprint density at radius 2 is 1.50 bits per heavy atom. The summed E-state index contributed by atoms with van der Waals surface area (Å²) >= 11 is 12.5. The van der Waals surface area contributed by atoms with Gasteiger partial charge in [0.15, 0.2) is 0 Å². The molecule has 0 aromatic heterocycles. The van der Waals surface area contributed by atoms with Crippen molar-refractivity contribution in [3.05, 3.63) is 124 Å². The molecule has 0 aliphatic carbocycles. The number of benzene rings is 4. The number of nitrogens with one attached hydrogen (secondary N) is 1. The molecule has 0 fully saturated rings. The van der Waals surface area contributed by atoms with Crippen molar-refractivity contribution in [3.8, 4) is 5.75 Å². The molecular formula is C35H37Cl2N3O5S. The number of anilines is 1. The van der Waals surface area contributed by atoms with Crippen molar-refractivity contribution in [1.82, 2.24) is 10.2 Å². The molecule has 0 saturated carbocycles. The van der Waals surface area contributed by atoms with E-state index in [9.17, 15) is 18.0 Å². The number of hydrogen-bond acceptors (Lipinski definition) is 5. The molecule has 0 aliphatic heterocycles. The zero-order chi connectivity index (χ0) is 33.3. The zero-order valence-corrected chi connectivity index (χ0v) is 28.2. The number of carbonyl (C=O) groups excluding carboxylic acids is 2. The van der Waals surface area contributed by atoms with Gasteiger partial charge in [-0.15, -0.1) is 0 Å². The van der Waals surface area contributed by atoms with Crippen molar-refractivity contribution in [2.75, 3.05) is 18.0 Å². The van der Waals surface area contributed by atoms with E-state index in [0.717, 1.165) is 9.87 Å². The Hall–Kier alpha value is -4.05. The molecule has 4 aromatic rings. The lowest BCUT2D eigenvalue weighted by molar-refractivity contribution is -0.140. The van der Waals surface area contributed by atoms with Gasteiger partial charge in [0, 0.05) is 19.0 Å². The number of sulfonamides is 1. The molecule has 0 heterocycles. The molecule has 0 bridgehead atoms. The zero-order valence-electron chi connectivity index (χ0n) is 25.9. The second-order valence-corrected chi connectivity index (χ2v) is 13.5. The summed E-state index contributed by atoms with van der Waals surface area (Å²) in [5.74, 6) is -0.354. The van der Waals surface area contributed by atoms with Gasteiger partial charge in [-0.1, -0.05) is 90.8 Å². The van der Waals surface area contributed by atoms with Crippen LogP contribution in [0.5, 0.6) is 5.75 Å². The molecule has 4 rings (SSSR count). The molecule has 1 N–H and O–H groups in total. The lowest BCUT2D eigenvalue weighted by Gasteiger charge is -2.34. The summed E-state index contributed by atoms with van der Waals surface area (Å²) in [6.07, 6.45) is 0.894. The minimum absolute atomic E-state index is 0.0106. The predicted molar refractivity (Wildman–Crippen MR) is 183 cm³/mol. The van der Waals surface area contributed by atoms with Crippen molar-refractivity contribution < 1.29 is 22.7 Å². The van der Waals surface area contributed by atoms with Crippen LogP contribution in [0.4, 0.5) is 5.69 Å². The van der Waals surface area contributed by atoms with Gasteiger partial charge in [-0.25, -0.2) is 8.42 Å². The molecular weight excluding hydrogens is 645 g/mol. The largest absolute Gasteiger partial charge is 0.497 e. The molecule has 8 nitrogen and oxygen atoms in total. The highest BCUT2D eigenvalue weighted by atomic mass is 35.5. The number of halogens is 2. The maximum absolute atomic E-state index is 14.6. The normalized spacial score (nSPS) is 12.5. The first-order valence-electron chi connectivity index (χ1n) is 14.8. The SMILES string of the molecule is CC[C@H](C)NC(=O)[C@@H](Cc1ccccc1)N(Cc1cccc(OC)c1)C(=O)CN(c1ccc(Cl)c(Cl)c1)S(=O)(=O)c1ccccc1. The van der Waals surface area contributed by atoms with Gasteiger partial charge in [-0.05, 0) is 66.9 Å². The maximum Gasteiger partial charge on any atom is 0.264 e. The van der Waals surface area contributed by atoms with Crippen molar-refractivity contribution >= 4 is 50.7 Å². The number of amides is 2. The molecule has 11 heteroatoms. The van der Waals surface area contributed by atoms with Gasteiger partial charge in [0.05, 0.1) is 27.7 Å². The first-order valence-corrected chi connectivity index (χ1v) is 17.0. The molecule has 0 unspecified atom stereocenters. The average Bonchev–Trinajstić information content (AvgIpc) is 3.07. The van der Waals surface area contributed by atoms with Gasteiger partial charge in [-0.3, -0.25) is 13.9 Å². The topological polar surface area (TPSA) is 96.0 Å². The van der Waals surface area contributed by atoms with E-state index in [1.54, 1.807) is 43.5 Å². The van der Waals surface area contributed by atoms with Crippen molar-refractivity contribution in [2.24, 2.45) is 0 Å². The third kappa shape index (κ3) is 8.81. The minimum atomic E-state index is -4.26. The van der Waals surface area contributed by atoms with Gasteiger partial charge >= 0.3 is 0 Å². The number of methoxy groups -OCH3 is 1. The average molecular weight is 683 g/mol. The Bertz CT molecular complexity index is 1740. The molecule has 0 spiro atoms. The van der Waals surface area contributed by atoms with Crippen molar-refractivity contribution in [2.45, 2.75) is 50.2 Å². The quantitative estimate of drug-likeness (QED) is 0.159. The van der Waals surface area contributed by atoms with Gasteiger partial charge in [0.25, 0.3) is 10.0 Å². The van der Waals surface area contributed by atoms with E-state index in [4.69, 9.17) is 27.9 Å². The number of carbonyl (C=O) groups is 2. The van der Waals surface area contributed by atoms with E-state index in [2.05, 4.69) is 5.32 Å². The highest BCUT2D eigenvalue weighted by molar-refractivity contribution is 7.92. The number of nitrogens with zero attached hydrogens (tertiary/aromatic N) is 2. The molecule has 242 valence electrons. The molecule has 0 aliphatic rings. The van der Waals surface area contributed by atoms with E-state index in [1.165, 1.54) is 35.2 Å². The molecule has 2 atom stereocenters. The fourth-order valence-electron chi connectivity index (χ4n) is 4.85. The van der Waals surface area contributed by atoms with Gasteiger partial charge in [0.2, 0.25) is 11.8 Å². The van der Waals surface area contributed by atoms with Crippen LogP contribution in [0.1, 0.15) is 31.4 Å². The highest BCUT2D eigenvalue weighted by Gasteiger charge is 2.35. The summed E-state index contributed by atoms with van der Waals surface area (Å²) in [4.78, 5) is 29.9. The van der Waals surface area contributed by atoms with Crippen LogP contribution < -0.4 is 14.4 Å². The van der Waals surface area contributed by atoms with E-state index in [0.29, 0.717) is 17.7 Å². The Kier molecular flexibility index (Phi) is 12.1. The Morgan fingerprint density at radius 1 is 0.848 bits per heavy atom. The van der Waals surface area contributed by atoms with Crippen LogP contribution in [-0.2, 0) is 32.6 Å². The summed E-state index contributed by atoms with van der Waals surface area (Å²) < 4.78 is 34.6. The highest BCUT2D eigenvalue weighted by Crippen LogP contribution is 2.31. The molecule has 46 heavy (non-hydrogen) atoms. The standard InChI is InChI=1S/C35H37Cl2N3O5S/c1-4-25(2)38-35(42)33(21-26-12-7-5-8-13-26)39(23-27-14-11-15-29(20-27)45-3)34(41)24-40(28-18-19-31(36)32(37)22-28)46(43,44)30-16-9-6-10-17-30/h5-20,22,25,33H,4,21,23-24H2,1-3H3,(H,38,42)/t25-,33+/m0/s1. The summed E-state index contributed by atoms with van der Waals surface area (Å²) in [5.41, 5.74) is 1.69. The third-order valence-electron chi connectivity index (χ3n) is 7.56. The summed E-state index contributed by atoms with van der Waals surface area (Å²) in [6.45, 7) is 3.26. The Morgan fingerprint density at radius 3 is 2.13 bits per heavy atom. The summed E-state index contributed by atoms with van der Waals surface area (Å²) in [7, 11) is -2.72. The number of hydrogen-bond donors (Lipinski definition) is 1. The smallest absolute Gasteiger partial charge is 0.264 e. The van der Waals surface area contributed by atoms with Crippen molar-refractivity contribution in [1.29, 1.82) is 0 Å². The van der Waals surface area contributed by atoms with Crippen LogP contribution >= 0.6 is 23.2 Å². The van der Waals surface area contributed by atoms with Crippen LogP contribution in [0.2, 0.25) is 10.0 Å². The fourth-order valence-corrected chi connectivity index (χ4v) is 6.57. The van der Waals surface area contributed by atoms with Crippen LogP contribution in [0.25, 0.3) is 0 Å². The van der Waals surface area contributed by atoms with Gasteiger partial charge < -0.3 is 15.0 Å². The summed E-state index contributed by atoms with van der Waals surface area (Å²) in [5, 5.41) is 3.39. The van der Waals surface area contributed by atoms with Gasteiger partial charge in [0.1, 0.15) is 18.3 Å². The predicted octanol–water partition coefficient (Wildman–Crippen LogP) is 6.75. The number of ether oxygens (including phenoxy) is 1. The van der Waals surface area contributed by atoms with Crippen LogP contribution in [0.3, 0.4) is 0 Å². The van der Waals surface area contributed by atoms with E-state index in [1.807, 2.05) is 50.2 Å². The molecule has 4 aromatic carbocycles.